The highest BCUT2D eigenvalue weighted by Gasteiger charge is 2.36. The van der Waals surface area contributed by atoms with Gasteiger partial charge in [-0.25, -0.2) is 0 Å². The third-order valence-electron chi connectivity index (χ3n) is 12.0. The Morgan fingerprint density at radius 1 is 0.735 bits per heavy atom. The van der Waals surface area contributed by atoms with Crippen LogP contribution in [0, 0.1) is 0 Å². The topological polar surface area (TPSA) is 172 Å². The third-order valence-corrected chi connectivity index (χ3v) is 14.7. The van der Waals surface area contributed by atoms with Crippen molar-refractivity contribution in [2.24, 2.45) is 9.98 Å². The van der Waals surface area contributed by atoms with Crippen molar-refractivity contribution in [3.05, 3.63) is 82.2 Å². The zero-order valence-corrected chi connectivity index (χ0v) is 41.6. The lowest BCUT2D eigenvalue weighted by molar-refractivity contribution is -0.121. The summed E-state index contributed by atoms with van der Waals surface area (Å²) in [6, 6.07) is 10.1. The van der Waals surface area contributed by atoms with Gasteiger partial charge in [-0.1, -0.05) is 44.9 Å². The van der Waals surface area contributed by atoms with Crippen molar-refractivity contribution >= 4 is 63.1 Å². The average Bonchev–Trinajstić information content (AvgIpc) is 3.91. The molecule has 1 N–H and O–H groups in total. The standard InChI is InChI=1S/C50H62N6O10S2/c1-8-32-18-36-26-52-41-24-45(43(60-5)22-39(41)48(58)55(36)28-32)65-30-34-20-38(64-17-16-63-15-14-62-13-12-51-47(57)10-11-50(3,4)68-67-7)21-35(54-34)31-66-46-25-42-40(23-44(46)61-6)49(59)56-29-33(9-2)19-37(56)27-53-42/h8-9,20-27,36-37H,10-19,28-31H2,1-7H3,(H,51,57)/t36-,37-/m0/s1. The monoisotopic (exact) mass is 970 g/mol. The van der Waals surface area contributed by atoms with Crippen molar-refractivity contribution in [2.75, 3.05) is 73.1 Å². The van der Waals surface area contributed by atoms with Gasteiger partial charge in [0.2, 0.25) is 5.91 Å². The number of allylic oxidation sites excluding steroid dienone is 2. The number of rotatable bonds is 23. The van der Waals surface area contributed by atoms with Crippen LogP contribution in [0.25, 0.3) is 0 Å². The number of carbonyl (C=O) groups is 3. The van der Waals surface area contributed by atoms with Gasteiger partial charge in [0, 0.05) is 67.5 Å². The Hall–Kier alpha value is -5.56. The van der Waals surface area contributed by atoms with Gasteiger partial charge in [-0.3, -0.25) is 29.4 Å². The number of benzene rings is 2. The van der Waals surface area contributed by atoms with Crippen LogP contribution < -0.4 is 29.0 Å². The molecule has 2 fully saturated rings. The van der Waals surface area contributed by atoms with Crippen molar-refractivity contribution in [3.8, 4) is 28.7 Å². The van der Waals surface area contributed by atoms with Gasteiger partial charge in [0.1, 0.15) is 25.6 Å². The van der Waals surface area contributed by atoms with E-state index in [-0.39, 0.29) is 54.4 Å². The molecule has 0 spiro atoms. The van der Waals surface area contributed by atoms with Crippen molar-refractivity contribution in [1.29, 1.82) is 0 Å². The highest BCUT2D eigenvalue weighted by Crippen LogP contribution is 2.41. The molecule has 0 aliphatic carbocycles. The van der Waals surface area contributed by atoms with Crippen LogP contribution in [0.5, 0.6) is 28.7 Å². The molecule has 0 unspecified atom stereocenters. The van der Waals surface area contributed by atoms with Crippen LogP contribution in [-0.4, -0.2) is 135 Å². The first-order valence-electron chi connectivity index (χ1n) is 22.9. The summed E-state index contributed by atoms with van der Waals surface area (Å²) < 4.78 is 41.8. The fraction of sp³-hybridized carbons (Fsp3) is 0.480. The summed E-state index contributed by atoms with van der Waals surface area (Å²) in [5.74, 6) is 1.88. The van der Waals surface area contributed by atoms with E-state index in [1.54, 1.807) is 58.0 Å². The number of ether oxygens (including phenoxy) is 7. The van der Waals surface area contributed by atoms with Crippen molar-refractivity contribution in [1.82, 2.24) is 20.1 Å². The second-order valence-electron chi connectivity index (χ2n) is 17.2. The van der Waals surface area contributed by atoms with Crippen molar-refractivity contribution in [3.63, 3.8) is 0 Å². The van der Waals surface area contributed by atoms with E-state index >= 15 is 0 Å². The van der Waals surface area contributed by atoms with E-state index in [2.05, 4.69) is 31.3 Å². The molecule has 0 bridgehead atoms. The molecule has 0 radical (unpaired) electrons. The molecule has 2 atom stereocenters. The number of hydrogen-bond donors (Lipinski definition) is 1. The Kier molecular flexibility index (Phi) is 17.5. The highest BCUT2D eigenvalue weighted by molar-refractivity contribution is 8.76. The zero-order chi connectivity index (χ0) is 48.2. The van der Waals surface area contributed by atoms with Crippen LogP contribution in [-0.2, 0) is 27.5 Å². The number of amides is 3. The number of aromatic nitrogens is 1. The molecule has 2 saturated heterocycles. The minimum atomic E-state index is -0.115. The lowest BCUT2D eigenvalue weighted by atomic mass is 10.1. The van der Waals surface area contributed by atoms with Crippen molar-refractivity contribution < 1.29 is 47.5 Å². The Balaban J connectivity index is 0.996. The molecule has 7 rings (SSSR count). The first-order chi connectivity index (χ1) is 32.9. The molecule has 3 amide bonds. The molecule has 18 heteroatoms. The van der Waals surface area contributed by atoms with Gasteiger partial charge in [-0.2, -0.15) is 0 Å². The summed E-state index contributed by atoms with van der Waals surface area (Å²) in [6.07, 6.45) is 12.6. The molecule has 3 aromatic rings. The minimum absolute atomic E-state index is 0.0192. The molecular weight excluding hydrogens is 909 g/mol. The van der Waals surface area contributed by atoms with Crippen LogP contribution in [0.2, 0.25) is 0 Å². The van der Waals surface area contributed by atoms with Gasteiger partial charge in [-0.05, 0) is 65.3 Å². The third kappa shape index (κ3) is 12.7. The zero-order valence-electron chi connectivity index (χ0n) is 40.0. The van der Waals surface area contributed by atoms with E-state index in [0.29, 0.717) is 115 Å². The molecule has 4 aliphatic rings. The van der Waals surface area contributed by atoms with Gasteiger partial charge >= 0.3 is 0 Å². The van der Waals surface area contributed by atoms with E-state index in [9.17, 15) is 14.4 Å². The van der Waals surface area contributed by atoms with E-state index in [4.69, 9.17) is 48.1 Å². The quantitative estimate of drug-likeness (QED) is 0.0550. The summed E-state index contributed by atoms with van der Waals surface area (Å²) >= 11 is 0. The SMILES string of the molecule is CC=C1C[C@H]2C=Nc3cc(OCc4cc(OCCOCCOCCNC(=O)CCC(C)(C)SSC)cc(COc5cc6c(cc5OC)C(=O)N5CC(=CC)C[C@H]5C=N6)n4)c(OC)cc3C(=O)N2C1. The Morgan fingerprint density at radius 2 is 1.25 bits per heavy atom. The van der Waals surface area contributed by atoms with E-state index in [0.717, 1.165) is 19.3 Å². The fourth-order valence-corrected chi connectivity index (χ4v) is 10.5. The maximum atomic E-state index is 13.7. The number of nitrogens with zero attached hydrogens (tertiary/aromatic N) is 5. The first-order valence-corrected chi connectivity index (χ1v) is 25.4. The van der Waals surface area contributed by atoms with Crippen LogP contribution >= 0.6 is 21.6 Å². The highest BCUT2D eigenvalue weighted by atomic mass is 33.1. The normalized spacial score (nSPS) is 18.5. The summed E-state index contributed by atoms with van der Waals surface area (Å²) in [6.45, 7) is 11.5. The maximum absolute atomic E-state index is 13.7. The summed E-state index contributed by atoms with van der Waals surface area (Å²) in [5.41, 5.74) is 5.35. The molecule has 1 aromatic heterocycles. The summed E-state index contributed by atoms with van der Waals surface area (Å²) in [4.78, 5) is 57.6. The van der Waals surface area contributed by atoms with Gasteiger partial charge in [0.05, 0.1) is 86.6 Å². The van der Waals surface area contributed by atoms with Crippen LogP contribution in [0.15, 0.2) is 69.7 Å². The minimum Gasteiger partial charge on any atom is -0.493 e. The predicted molar refractivity (Wildman–Crippen MR) is 266 cm³/mol. The second kappa shape index (κ2) is 23.6. The molecule has 16 nitrogen and oxygen atoms in total. The maximum Gasteiger partial charge on any atom is 0.257 e. The van der Waals surface area contributed by atoms with Crippen LogP contribution in [0.3, 0.4) is 0 Å². The van der Waals surface area contributed by atoms with Crippen molar-refractivity contribution in [2.45, 2.75) is 83.4 Å². The van der Waals surface area contributed by atoms with Gasteiger partial charge in [0.25, 0.3) is 11.8 Å². The molecular formula is C50H62N6O10S2. The predicted octanol–water partition coefficient (Wildman–Crippen LogP) is 8.11. The first kappa shape index (κ1) is 50.3. The number of pyridine rings is 1. The van der Waals surface area contributed by atoms with Gasteiger partial charge in [0.15, 0.2) is 23.0 Å². The summed E-state index contributed by atoms with van der Waals surface area (Å²) in [7, 11) is 6.55. The molecule has 4 aliphatic heterocycles. The Morgan fingerprint density at radius 3 is 1.75 bits per heavy atom. The molecule has 2 aromatic carbocycles. The molecule has 0 saturated carbocycles. The van der Waals surface area contributed by atoms with Gasteiger partial charge < -0.3 is 48.3 Å². The second-order valence-corrected chi connectivity index (χ2v) is 20.3. The molecule has 68 heavy (non-hydrogen) atoms. The molecule has 5 heterocycles. The molecule has 364 valence electrons. The van der Waals surface area contributed by atoms with E-state index < -0.39 is 0 Å². The number of carbonyl (C=O) groups excluding carboxylic acids is 3. The largest absolute Gasteiger partial charge is 0.493 e. The van der Waals surface area contributed by atoms with E-state index in [1.165, 1.54) is 25.4 Å². The number of methoxy groups -OCH3 is 2. The Labute approximate surface area is 406 Å². The number of aliphatic imine (C=N–C) groups is 2. The van der Waals surface area contributed by atoms with E-state index in [1.807, 2.05) is 42.3 Å². The van der Waals surface area contributed by atoms with Crippen LogP contribution in [0.4, 0.5) is 11.4 Å². The number of fused-ring (bicyclic) bond motifs is 4. The fourth-order valence-electron chi connectivity index (χ4n) is 8.26. The summed E-state index contributed by atoms with van der Waals surface area (Å²) in [5, 5.41) is 2.92. The van der Waals surface area contributed by atoms with Crippen LogP contribution in [0.1, 0.15) is 85.5 Å². The smallest absolute Gasteiger partial charge is 0.257 e. The van der Waals surface area contributed by atoms with Gasteiger partial charge in [-0.15, -0.1) is 0 Å². The number of nitrogens with one attached hydrogen (secondary N) is 1. The Bertz CT molecular complexity index is 2310. The lowest BCUT2D eigenvalue weighted by Crippen LogP contribution is -2.35. The lowest BCUT2D eigenvalue weighted by Gasteiger charge is -2.21. The average molecular weight is 971 g/mol. The number of hydrogen-bond acceptors (Lipinski definition) is 15.